The number of carbonyl (C=O) groups excluding carboxylic acids is 4. The molecule has 0 saturated heterocycles. The third-order valence-electron chi connectivity index (χ3n) is 14.7. The maximum Gasteiger partial charge on any atom is 0.405 e. The topological polar surface area (TPSA) is 160 Å². The lowest BCUT2D eigenvalue weighted by Gasteiger charge is -2.66. The molecule has 4 saturated carbocycles. The van der Waals surface area contributed by atoms with E-state index in [9.17, 15) is 27.4 Å². The maximum absolute atomic E-state index is 15.2. The Kier molecular flexibility index (Phi) is 15.4. The number of alkyl halides is 2. The van der Waals surface area contributed by atoms with Gasteiger partial charge in [0.25, 0.3) is 0 Å². The third kappa shape index (κ3) is 9.75. The van der Waals surface area contributed by atoms with Gasteiger partial charge in [0.15, 0.2) is 6.10 Å². The first kappa shape index (κ1) is 52.3. The highest BCUT2D eigenvalue weighted by Gasteiger charge is 2.76. The monoisotopic (exact) mass is 932 g/mol. The summed E-state index contributed by atoms with van der Waals surface area (Å²) in [5.41, 5.74) is 1.67. The second-order valence-electron chi connectivity index (χ2n) is 19.1. The first-order chi connectivity index (χ1) is 31.5. The van der Waals surface area contributed by atoms with Gasteiger partial charge in [-0.05, 0) is 41.3 Å². The Morgan fingerprint density at radius 2 is 0.970 bits per heavy atom. The van der Waals surface area contributed by atoms with Crippen LogP contribution < -0.4 is 0 Å². The van der Waals surface area contributed by atoms with E-state index in [1.807, 2.05) is 82.7 Å². The standard InChI is InChI=1S/C44H59B9F2O11S/c1-23(44(54,55)67(60,61)62)63-39(59)40-17-41(64-36(56)30-6-24(8-45)4-28(12-49)32(30)14-51)20-42(18-40,65-37(57)31-7-25(9-46)5-29(13-50)33(31)15-52)22-43(19-40,21-41)66-38(58)35-27(11-48)3-2-26(10-47)34(35)16-53/h2-7,23H,8-22,45-53H2,1H3,(H,60,61,62). The summed E-state index contributed by atoms with van der Waals surface area (Å²) in [6, 6.07) is 11.6. The Hall–Kier alpha value is -4.11. The van der Waals surface area contributed by atoms with Crippen molar-refractivity contribution in [2.24, 2.45) is 5.41 Å². The molecule has 0 heterocycles. The molecule has 4 aliphatic rings. The van der Waals surface area contributed by atoms with Gasteiger partial charge in [0.05, 0.1) is 22.1 Å². The van der Waals surface area contributed by atoms with Gasteiger partial charge in [-0.25, -0.2) is 14.4 Å². The summed E-state index contributed by atoms with van der Waals surface area (Å²) in [4.78, 5) is 59.9. The van der Waals surface area contributed by atoms with Crippen molar-refractivity contribution in [1.82, 2.24) is 0 Å². The highest BCUT2D eigenvalue weighted by Crippen LogP contribution is 2.68. The molecule has 7 rings (SSSR count). The first-order valence-corrected chi connectivity index (χ1v) is 25.6. The van der Waals surface area contributed by atoms with E-state index in [0.29, 0.717) is 80.5 Å². The van der Waals surface area contributed by atoms with Gasteiger partial charge in [-0.1, -0.05) is 109 Å². The summed E-state index contributed by atoms with van der Waals surface area (Å²) in [6.07, 6.45) is 1.17. The average Bonchev–Trinajstić information content (AvgIpc) is 3.28. The van der Waals surface area contributed by atoms with Crippen LogP contribution >= 0.6 is 0 Å². The van der Waals surface area contributed by atoms with Crippen LogP contribution in [0.1, 0.15) is 127 Å². The quantitative estimate of drug-likeness (QED) is 0.0600. The number of benzene rings is 3. The van der Waals surface area contributed by atoms with E-state index in [0.717, 1.165) is 50.1 Å². The van der Waals surface area contributed by atoms with E-state index >= 15 is 13.6 Å². The van der Waals surface area contributed by atoms with Crippen LogP contribution in [-0.2, 0) is 90.7 Å². The second-order valence-corrected chi connectivity index (χ2v) is 20.6. The molecule has 3 aromatic rings. The van der Waals surface area contributed by atoms with E-state index in [2.05, 4.69) is 12.1 Å². The molecular weight excluding hydrogens is 872 g/mol. The molecule has 67 heavy (non-hydrogen) atoms. The van der Waals surface area contributed by atoms with Gasteiger partial charge < -0.3 is 18.9 Å². The van der Waals surface area contributed by atoms with Gasteiger partial charge in [0.1, 0.15) is 87.4 Å². The fourth-order valence-electron chi connectivity index (χ4n) is 12.1. The SMILES string of the molecule is BCc1cc(CB)c(CB)c(C(=O)OC23CC4(OC(=O)c5cc(CB)cc(CB)c5CB)CC(OC(=O)c5c(CB)ccc(CB)c5CB)(C2)CC(C(=O)OC(C)C(F)(F)S(=O)(=O)O)(C3)C4)c1. The molecule has 0 radical (unpaired) electrons. The van der Waals surface area contributed by atoms with Crippen molar-refractivity contribution in [2.75, 3.05) is 0 Å². The van der Waals surface area contributed by atoms with Crippen LogP contribution in [0.5, 0.6) is 0 Å². The van der Waals surface area contributed by atoms with Crippen LogP contribution in [0.2, 0.25) is 0 Å². The zero-order valence-corrected chi connectivity index (χ0v) is 41.7. The Bertz CT molecular complexity index is 2490. The van der Waals surface area contributed by atoms with Crippen LogP contribution in [0.4, 0.5) is 8.78 Å². The molecule has 11 nitrogen and oxygen atoms in total. The van der Waals surface area contributed by atoms with Gasteiger partial charge in [-0.2, -0.15) is 17.2 Å². The number of ether oxygens (including phenoxy) is 4. The molecule has 4 aliphatic carbocycles. The lowest BCUT2D eigenvalue weighted by atomic mass is 9.44. The molecule has 3 aromatic carbocycles. The molecule has 1 N–H and O–H groups in total. The van der Waals surface area contributed by atoms with Crippen molar-refractivity contribution in [3.05, 3.63) is 103 Å². The van der Waals surface area contributed by atoms with Crippen molar-refractivity contribution in [3.8, 4) is 0 Å². The highest BCUT2D eigenvalue weighted by atomic mass is 32.2. The molecule has 23 heteroatoms. The van der Waals surface area contributed by atoms with Crippen LogP contribution in [0.3, 0.4) is 0 Å². The predicted molar refractivity (Wildman–Crippen MR) is 276 cm³/mol. The Balaban J connectivity index is 1.59. The molecule has 4 fully saturated rings. The summed E-state index contributed by atoms with van der Waals surface area (Å²) in [6.45, 7) is 0.656. The Morgan fingerprint density at radius 1 is 0.582 bits per heavy atom. The van der Waals surface area contributed by atoms with Crippen molar-refractivity contribution >= 4 is 105 Å². The first-order valence-electron chi connectivity index (χ1n) is 24.2. The number of hydrogen-bond acceptors (Lipinski definition) is 10. The molecule has 348 valence electrons. The lowest BCUT2D eigenvalue weighted by Crippen LogP contribution is -2.73. The minimum absolute atomic E-state index is 0.125. The van der Waals surface area contributed by atoms with Gasteiger partial charge in [-0.15, -0.1) is 0 Å². The molecular formula is C44H59B9F2O11S. The smallest absolute Gasteiger partial charge is 0.405 e. The van der Waals surface area contributed by atoms with Crippen LogP contribution in [-0.4, -0.2) is 136 Å². The Morgan fingerprint density at radius 3 is 1.33 bits per heavy atom. The fraction of sp³-hybridized carbons (Fsp3) is 0.500. The summed E-state index contributed by atoms with van der Waals surface area (Å²) in [7, 11) is 11.6. The van der Waals surface area contributed by atoms with E-state index < -0.39 is 67.6 Å². The van der Waals surface area contributed by atoms with Crippen LogP contribution in [0.25, 0.3) is 0 Å². The molecule has 0 aromatic heterocycles. The van der Waals surface area contributed by atoms with E-state index in [1.54, 1.807) is 12.1 Å². The molecule has 0 spiro atoms. The van der Waals surface area contributed by atoms with E-state index in [1.165, 1.54) is 0 Å². The number of hydrogen-bond donors (Lipinski definition) is 1. The van der Waals surface area contributed by atoms with Crippen molar-refractivity contribution in [3.63, 3.8) is 0 Å². The third-order valence-corrected chi connectivity index (χ3v) is 15.7. The maximum atomic E-state index is 15.2. The lowest BCUT2D eigenvalue weighted by molar-refractivity contribution is -0.279. The summed E-state index contributed by atoms with van der Waals surface area (Å²) >= 11 is 0. The molecule has 4 bridgehead atoms. The molecule has 3 atom stereocenters. The normalized spacial score (nSPS) is 23.6. The molecule has 0 amide bonds. The van der Waals surface area contributed by atoms with Crippen molar-refractivity contribution in [1.29, 1.82) is 0 Å². The number of esters is 4. The Labute approximate surface area is 401 Å². The number of halogens is 2. The molecule has 0 aliphatic heterocycles. The van der Waals surface area contributed by atoms with Gasteiger partial charge >= 0.3 is 39.2 Å². The number of carbonyl (C=O) groups is 4. The molecule has 3 unspecified atom stereocenters. The van der Waals surface area contributed by atoms with Crippen molar-refractivity contribution < 1.29 is 59.9 Å². The number of rotatable bonds is 19. The fourth-order valence-corrected chi connectivity index (χ4v) is 12.5. The van der Waals surface area contributed by atoms with Gasteiger partial charge in [0.2, 0.25) is 0 Å². The second kappa shape index (κ2) is 19.7. The predicted octanol–water partition coefficient (Wildman–Crippen LogP) is -2.25. The highest BCUT2D eigenvalue weighted by molar-refractivity contribution is 7.86. The summed E-state index contributed by atoms with van der Waals surface area (Å²) in [5.74, 6) is -3.42. The van der Waals surface area contributed by atoms with E-state index in [4.69, 9.17) is 18.9 Å². The van der Waals surface area contributed by atoms with E-state index in [-0.39, 0.29) is 38.5 Å². The van der Waals surface area contributed by atoms with Gasteiger partial charge in [0, 0.05) is 38.5 Å². The van der Waals surface area contributed by atoms with Crippen LogP contribution in [0.15, 0.2) is 36.4 Å². The van der Waals surface area contributed by atoms with Crippen molar-refractivity contribution in [2.45, 2.75) is 130 Å². The largest absolute Gasteiger partial charge is 0.455 e. The average molecular weight is 931 g/mol. The minimum atomic E-state index is -6.05. The zero-order chi connectivity index (χ0) is 49.5. The zero-order valence-electron chi connectivity index (χ0n) is 40.8. The summed E-state index contributed by atoms with van der Waals surface area (Å²) in [5, 5.41) is -4.91. The minimum Gasteiger partial charge on any atom is -0.455 e. The summed E-state index contributed by atoms with van der Waals surface area (Å²) < 4.78 is 89.5. The van der Waals surface area contributed by atoms with Gasteiger partial charge in [-0.3, -0.25) is 9.35 Å². The van der Waals surface area contributed by atoms with Crippen LogP contribution in [0, 0.1) is 5.41 Å².